The first-order valence-corrected chi connectivity index (χ1v) is 7.20. The molecule has 23 heavy (non-hydrogen) atoms. The Labute approximate surface area is 132 Å². The van der Waals surface area contributed by atoms with Crippen LogP contribution in [0.5, 0.6) is 28.7 Å². The van der Waals surface area contributed by atoms with Gasteiger partial charge in [0.15, 0.2) is 11.5 Å². The highest BCUT2D eigenvalue weighted by molar-refractivity contribution is 6.13. The van der Waals surface area contributed by atoms with Crippen molar-refractivity contribution in [2.45, 2.75) is 26.2 Å². The Morgan fingerprint density at radius 1 is 0.913 bits per heavy atom. The Kier molecular flexibility index (Phi) is 4.64. The van der Waals surface area contributed by atoms with Crippen LogP contribution in [0.15, 0.2) is 24.3 Å². The van der Waals surface area contributed by atoms with Crippen molar-refractivity contribution in [3.8, 4) is 28.7 Å². The third-order valence-corrected chi connectivity index (χ3v) is 3.60. The summed E-state index contributed by atoms with van der Waals surface area (Å²) in [6.45, 7) is 1.96. The van der Waals surface area contributed by atoms with Crippen molar-refractivity contribution in [2.75, 3.05) is 0 Å². The van der Waals surface area contributed by atoms with Crippen molar-refractivity contribution in [1.29, 1.82) is 0 Å². The van der Waals surface area contributed by atoms with Crippen LogP contribution < -0.4 is 0 Å². The molecule has 0 spiro atoms. The molecule has 0 aliphatic carbocycles. The lowest BCUT2D eigenvalue weighted by atomic mass is 9.96. The fourth-order valence-corrected chi connectivity index (χ4v) is 2.29. The summed E-state index contributed by atoms with van der Waals surface area (Å²) in [5.74, 6) is -3.35. The van der Waals surface area contributed by atoms with Gasteiger partial charge in [0, 0.05) is 6.07 Å². The van der Waals surface area contributed by atoms with Crippen LogP contribution in [-0.2, 0) is 6.42 Å². The Balaban J connectivity index is 2.53. The van der Waals surface area contributed by atoms with Gasteiger partial charge in [-0.3, -0.25) is 4.79 Å². The van der Waals surface area contributed by atoms with Crippen molar-refractivity contribution < 1.29 is 30.3 Å². The predicted molar refractivity (Wildman–Crippen MR) is 83.3 cm³/mol. The number of hydrogen-bond acceptors (Lipinski definition) is 6. The van der Waals surface area contributed by atoms with E-state index in [1.807, 2.05) is 6.92 Å². The first-order valence-electron chi connectivity index (χ1n) is 7.20. The molecule has 2 aromatic rings. The van der Waals surface area contributed by atoms with Crippen LogP contribution in [-0.4, -0.2) is 31.3 Å². The molecule has 0 aromatic heterocycles. The molecule has 0 heterocycles. The monoisotopic (exact) mass is 318 g/mol. The quantitative estimate of drug-likeness (QED) is 0.427. The molecule has 0 unspecified atom stereocenters. The number of aromatic hydroxyl groups is 5. The van der Waals surface area contributed by atoms with E-state index < -0.39 is 28.8 Å². The second-order valence-corrected chi connectivity index (χ2v) is 5.26. The fourth-order valence-electron chi connectivity index (χ4n) is 2.29. The molecule has 0 bridgehead atoms. The predicted octanol–water partition coefficient (Wildman–Crippen LogP) is 2.79. The minimum atomic E-state index is -0.764. The van der Waals surface area contributed by atoms with Crippen LogP contribution in [0.4, 0.5) is 0 Å². The van der Waals surface area contributed by atoms with Crippen molar-refractivity contribution in [3.63, 3.8) is 0 Å². The maximum Gasteiger partial charge on any atom is 0.201 e. The van der Waals surface area contributed by atoms with Gasteiger partial charge in [0.2, 0.25) is 11.5 Å². The van der Waals surface area contributed by atoms with Crippen LogP contribution in [0.25, 0.3) is 0 Å². The molecule has 0 radical (unpaired) electrons. The number of carbonyl (C=O) groups is 1. The molecule has 2 aromatic carbocycles. The average Bonchev–Trinajstić information content (AvgIpc) is 2.51. The summed E-state index contributed by atoms with van der Waals surface area (Å²) in [6, 6.07) is 4.74. The zero-order valence-electron chi connectivity index (χ0n) is 12.6. The standard InChI is InChI=1S/C17H18O6/c1-2-3-4-9-7-12(16(22)17(23)14(9)20)15(21)11-6-5-10(18)8-13(11)19/h5-8,18-20,22-23H,2-4H2,1H3. The number of carbonyl (C=O) groups excluding carboxylic acids is 1. The molecular weight excluding hydrogens is 300 g/mol. The maximum absolute atomic E-state index is 12.5. The van der Waals surface area contributed by atoms with E-state index in [4.69, 9.17) is 0 Å². The van der Waals surface area contributed by atoms with Crippen molar-refractivity contribution in [3.05, 3.63) is 41.0 Å². The summed E-state index contributed by atoms with van der Waals surface area (Å²) in [6.07, 6.45) is 2.01. The van der Waals surface area contributed by atoms with Crippen LogP contribution in [0.3, 0.4) is 0 Å². The number of benzene rings is 2. The molecule has 0 aliphatic heterocycles. The fraction of sp³-hybridized carbons (Fsp3) is 0.235. The first-order chi connectivity index (χ1) is 10.9. The van der Waals surface area contributed by atoms with Gasteiger partial charge in [0.25, 0.3) is 0 Å². The Bertz CT molecular complexity index is 751. The topological polar surface area (TPSA) is 118 Å². The normalized spacial score (nSPS) is 10.7. The molecule has 6 nitrogen and oxygen atoms in total. The lowest BCUT2D eigenvalue weighted by Gasteiger charge is -2.12. The number of phenolic OH excluding ortho intramolecular Hbond substituents is 5. The summed E-state index contributed by atoms with van der Waals surface area (Å²) < 4.78 is 0. The van der Waals surface area contributed by atoms with E-state index in [0.717, 1.165) is 18.9 Å². The summed E-state index contributed by atoms with van der Waals surface area (Å²) in [7, 11) is 0. The molecule has 0 saturated heterocycles. The molecule has 0 amide bonds. The van der Waals surface area contributed by atoms with Gasteiger partial charge in [-0.2, -0.15) is 0 Å². The highest BCUT2D eigenvalue weighted by atomic mass is 16.3. The number of hydrogen-bond donors (Lipinski definition) is 5. The number of rotatable bonds is 5. The van der Waals surface area contributed by atoms with Gasteiger partial charge in [0.05, 0.1) is 11.1 Å². The molecule has 0 aliphatic rings. The minimum absolute atomic E-state index is 0.135. The van der Waals surface area contributed by atoms with Gasteiger partial charge >= 0.3 is 0 Å². The van der Waals surface area contributed by atoms with Gasteiger partial charge in [-0.05, 0) is 36.6 Å². The Hall–Kier alpha value is -2.89. The molecule has 5 N–H and O–H groups in total. The molecule has 0 saturated carbocycles. The van der Waals surface area contributed by atoms with Crippen LogP contribution in [0.2, 0.25) is 0 Å². The van der Waals surface area contributed by atoms with Crippen LogP contribution in [0.1, 0.15) is 41.3 Å². The summed E-state index contributed by atoms with van der Waals surface area (Å²) in [5.41, 5.74) is -0.0270. The average molecular weight is 318 g/mol. The molecule has 0 fully saturated rings. The molecule has 6 heteroatoms. The lowest BCUT2D eigenvalue weighted by Crippen LogP contribution is -2.04. The van der Waals surface area contributed by atoms with Crippen LogP contribution >= 0.6 is 0 Å². The summed E-state index contributed by atoms with van der Waals surface area (Å²) >= 11 is 0. The van der Waals surface area contributed by atoms with Gasteiger partial charge in [-0.1, -0.05) is 13.3 Å². The maximum atomic E-state index is 12.5. The largest absolute Gasteiger partial charge is 0.508 e. The van der Waals surface area contributed by atoms with E-state index >= 15 is 0 Å². The Morgan fingerprint density at radius 3 is 2.22 bits per heavy atom. The number of unbranched alkanes of at least 4 members (excludes halogenated alkanes) is 1. The first kappa shape index (κ1) is 16.5. The third kappa shape index (κ3) is 3.15. The lowest BCUT2D eigenvalue weighted by molar-refractivity contribution is 0.103. The Morgan fingerprint density at radius 2 is 1.61 bits per heavy atom. The minimum Gasteiger partial charge on any atom is -0.508 e. The van der Waals surface area contributed by atoms with E-state index in [9.17, 15) is 30.3 Å². The highest BCUT2D eigenvalue weighted by Crippen LogP contribution is 2.42. The summed E-state index contributed by atoms with van der Waals surface area (Å²) in [4.78, 5) is 12.5. The second-order valence-electron chi connectivity index (χ2n) is 5.26. The molecule has 0 atom stereocenters. The smallest absolute Gasteiger partial charge is 0.201 e. The number of phenols is 5. The molecular formula is C17H18O6. The number of aryl methyl sites for hydroxylation is 1. The van der Waals surface area contributed by atoms with E-state index in [2.05, 4.69) is 0 Å². The van der Waals surface area contributed by atoms with Crippen molar-refractivity contribution in [1.82, 2.24) is 0 Å². The molecule has 122 valence electrons. The van der Waals surface area contributed by atoms with E-state index in [1.165, 1.54) is 18.2 Å². The van der Waals surface area contributed by atoms with Gasteiger partial charge in [-0.15, -0.1) is 0 Å². The molecule has 2 rings (SSSR count). The zero-order chi connectivity index (χ0) is 17.1. The second kappa shape index (κ2) is 6.48. The van der Waals surface area contributed by atoms with E-state index in [-0.39, 0.29) is 16.9 Å². The third-order valence-electron chi connectivity index (χ3n) is 3.60. The highest BCUT2D eigenvalue weighted by Gasteiger charge is 2.23. The van der Waals surface area contributed by atoms with Crippen LogP contribution in [0, 0.1) is 0 Å². The van der Waals surface area contributed by atoms with E-state index in [0.29, 0.717) is 12.0 Å². The van der Waals surface area contributed by atoms with Gasteiger partial charge in [-0.25, -0.2) is 0 Å². The number of ketones is 1. The zero-order valence-corrected chi connectivity index (χ0v) is 12.6. The van der Waals surface area contributed by atoms with Gasteiger partial charge < -0.3 is 25.5 Å². The van der Waals surface area contributed by atoms with Gasteiger partial charge in [0.1, 0.15) is 11.5 Å². The van der Waals surface area contributed by atoms with Crippen molar-refractivity contribution in [2.24, 2.45) is 0 Å². The SMILES string of the molecule is CCCCc1cc(C(=O)c2ccc(O)cc2O)c(O)c(O)c1O. The van der Waals surface area contributed by atoms with E-state index in [1.54, 1.807) is 0 Å². The summed E-state index contributed by atoms with van der Waals surface area (Å²) in [5, 5.41) is 48.7. The van der Waals surface area contributed by atoms with Crippen molar-refractivity contribution >= 4 is 5.78 Å².